The molecule has 0 aliphatic carbocycles. The zero-order chi connectivity index (χ0) is 19.2. The fraction of sp³-hybridized carbons (Fsp3) is 0.176. The van der Waals surface area contributed by atoms with Crippen molar-refractivity contribution in [1.82, 2.24) is 15.2 Å². The second kappa shape index (κ2) is 8.81. The third-order valence-electron chi connectivity index (χ3n) is 3.44. The molecule has 0 atom stereocenters. The number of halogens is 2. The second-order valence-corrected chi connectivity index (χ2v) is 6.35. The van der Waals surface area contributed by atoms with Gasteiger partial charge in [0.25, 0.3) is 5.95 Å². The summed E-state index contributed by atoms with van der Waals surface area (Å²) in [5.41, 5.74) is 6.95. The van der Waals surface area contributed by atoms with Gasteiger partial charge in [-0.05, 0) is 49.4 Å². The molecule has 0 spiro atoms. The monoisotopic (exact) mass is 406 g/mol. The molecule has 0 bridgehead atoms. The van der Waals surface area contributed by atoms with Gasteiger partial charge in [0.15, 0.2) is 0 Å². The Morgan fingerprint density at radius 1 is 1.04 bits per heavy atom. The van der Waals surface area contributed by atoms with Gasteiger partial charge in [0.1, 0.15) is 11.3 Å². The van der Waals surface area contributed by atoms with Crippen LogP contribution in [-0.2, 0) is 0 Å². The van der Waals surface area contributed by atoms with Gasteiger partial charge in [0.05, 0.1) is 17.8 Å². The summed E-state index contributed by atoms with van der Waals surface area (Å²) in [6, 6.07) is 9.37. The van der Waals surface area contributed by atoms with E-state index in [0.717, 1.165) is 0 Å². The molecule has 0 radical (unpaired) electrons. The minimum Gasteiger partial charge on any atom is -0.491 e. The van der Waals surface area contributed by atoms with E-state index in [4.69, 9.17) is 33.7 Å². The van der Waals surface area contributed by atoms with Crippen molar-refractivity contribution >= 4 is 51.9 Å². The first-order valence-electron chi connectivity index (χ1n) is 8.05. The first-order valence-corrected chi connectivity index (χ1v) is 8.81. The smallest absolute Gasteiger partial charge is 0.326 e. The first kappa shape index (κ1) is 19.1. The summed E-state index contributed by atoms with van der Waals surface area (Å²) in [5, 5.41) is 14.0. The van der Waals surface area contributed by atoms with E-state index in [0.29, 0.717) is 52.1 Å². The van der Waals surface area contributed by atoms with Crippen LogP contribution in [0.5, 0.6) is 5.75 Å². The molecular weight excluding hydrogens is 391 g/mol. The van der Waals surface area contributed by atoms with Crippen LogP contribution in [0.15, 0.2) is 36.4 Å². The van der Waals surface area contributed by atoms with E-state index in [1.54, 1.807) is 36.4 Å². The van der Waals surface area contributed by atoms with Crippen molar-refractivity contribution in [2.24, 2.45) is 5.73 Å². The number of amides is 2. The highest BCUT2D eigenvalue weighted by atomic mass is 35.5. The third kappa shape index (κ3) is 5.16. The van der Waals surface area contributed by atoms with Crippen molar-refractivity contribution in [2.45, 2.75) is 6.42 Å². The van der Waals surface area contributed by atoms with Crippen molar-refractivity contribution in [3.63, 3.8) is 0 Å². The predicted octanol–water partition coefficient (Wildman–Crippen LogP) is 3.70. The number of benzene rings is 2. The van der Waals surface area contributed by atoms with Crippen molar-refractivity contribution in [3.05, 3.63) is 46.4 Å². The average molecular weight is 407 g/mol. The Bertz CT molecular complexity index is 969. The number of anilines is 2. The highest BCUT2D eigenvalue weighted by Crippen LogP contribution is 2.28. The maximum atomic E-state index is 12.3. The lowest BCUT2D eigenvalue weighted by molar-refractivity contribution is 0.261. The van der Waals surface area contributed by atoms with Crippen LogP contribution in [0, 0.1) is 0 Å². The van der Waals surface area contributed by atoms with E-state index in [2.05, 4.69) is 25.8 Å². The molecule has 3 rings (SSSR count). The molecular formula is C17H16Cl2N6O2. The van der Waals surface area contributed by atoms with E-state index in [1.165, 1.54) is 0 Å². The molecule has 0 saturated carbocycles. The molecule has 1 aromatic heterocycles. The molecule has 27 heavy (non-hydrogen) atoms. The third-order valence-corrected chi connectivity index (χ3v) is 3.91. The van der Waals surface area contributed by atoms with Gasteiger partial charge in [-0.3, -0.25) is 5.32 Å². The number of carbonyl (C=O) groups is 1. The number of aromatic nitrogens is 3. The summed E-state index contributed by atoms with van der Waals surface area (Å²) in [6.45, 7) is 0.931. The van der Waals surface area contributed by atoms with Crippen LogP contribution in [0.4, 0.5) is 16.4 Å². The lowest BCUT2D eigenvalue weighted by Gasteiger charge is -2.13. The Hall–Kier alpha value is -2.68. The van der Waals surface area contributed by atoms with Gasteiger partial charge in [-0.25, -0.2) is 9.78 Å². The van der Waals surface area contributed by atoms with Crippen molar-refractivity contribution in [1.29, 1.82) is 0 Å². The molecule has 2 aromatic carbocycles. The minimum absolute atomic E-state index is 0.0369. The standard InChI is InChI=1S/C17H16Cl2N6O2/c18-10-2-4-12-13(8-10)21-16(25-24-12)23-17(26)22-14-9-11(19)3-5-15(14)27-7-1-6-20/h2-5,8-9H,1,6-7,20H2,(H2,21,22,23,25,26). The lowest BCUT2D eigenvalue weighted by Crippen LogP contribution is -2.21. The Labute approximate surface area is 165 Å². The molecule has 140 valence electrons. The van der Waals surface area contributed by atoms with Gasteiger partial charge in [0.2, 0.25) is 0 Å². The average Bonchev–Trinajstić information content (AvgIpc) is 2.63. The summed E-state index contributed by atoms with van der Waals surface area (Å²) < 4.78 is 5.62. The molecule has 0 aliphatic heterocycles. The molecule has 0 aliphatic rings. The fourth-order valence-electron chi connectivity index (χ4n) is 2.21. The number of hydrogen-bond donors (Lipinski definition) is 3. The van der Waals surface area contributed by atoms with Gasteiger partial charge in [0, 0.05) is 10.0 Å². The van der Waals surface area contributed by atoms with Crippen LogP contribution in [0.25, 0.3) is 11.0 Å². The minimum atomic E-state index is -0.566. The lowest BCUT2D eigenvalue weighted by atomic mass is 10.3. The van der Waals surface area contributed by atoms with Gasteiger partial charge in [-0.1, -0.05) is 23.2 Å². The highest BCUT2D eigenvalue weighted by Gasteiger charge is 2.11. The Kier molecular flexibility index (Phi) is 6.23. The van der Waals surface area contributed by atoms with Gasteiger partial charge in [-0.15, -0.1) is 10.2 Å². The predicted molar refractivity (Wildman–Crippen MR) is 106 cm³/mol. The zero-order valence-electron chi connectivity index (χ0n) is 14.1. The van der Waals surface area contributed by atoms with E-state index in [1.807, 2.05) is 0 Å². The Balaban J connectivity index is 1.73. The SMILES string of the molecule is NCCCOc1ccc(Cl)cc1NC(=O)Nc1nnc2ccc(Cl)cc2n1. The number of ether oxygens (including phenoxy) is 1. The molecule has 0 fully saturated rings. The summed E-state index contributed by atoms with van der Waals surface area (Å²) in [4.78, 5) is 16.5. The summed E-state index contributed by atoms with van der Waals surface area (Å²) in [7, 11) is 0. The molecule has 8 nitrogen and oxygen atoms in total. The quantitative estimate of drug-likeness (QED) is 0.537. The number of hydrogen-bond acceptors (Lipinski definition) is 6. The molecule has 10 heteroatoms. The first-order chi connectivity index (χ1) is 13.0. The van der Waals surface area contributed by atoms with E-state index >= 15 is 0 Å². The number of carbonyl (C=O) groups excluding carboxylic acids is 1. The van der Waals surface area contributed by atoms with E-state index in [9.17, 15) is 4.79 Å². The highest BCUT2D eigenvalue weighted by molar-refractivity contribution is 6.31. The fourth-order valence-corrected chi connectivity index (χ4v) is 2.55. The molecule has 4 N–H and O–H groups in total. The van der Waals surface area contributed by atoms with Crippen molar-refractivity contribution in [2.75, 3.05) is 23.8 Å². The normalized spacial score (nSPS) is 10.6. The summed E-state index contributed by atoms with van der Waals surface area (Å²) >= 11 is 12.0. The molecule has 0 unspecified atom stereocenters. The van der Waals surface area contributed by atoms with Crippen LogP contribution < -0.4 is 21.1 Å². The van der Waals surface area contributed by atoms with Gasteiger partial charge in [-0.2, -0.15) is 0 Å². The zero-order valence-corrected chi connectivity index (χ0v) is 15.6. The van der Waals surface area contributed by atoms with Crippen LogP contribution in [0.2, 0.25) is 10.0 Å². The van der Waals surface area contributed by atoms with Gasteiger partial charge < -0.3 is 15.8 Å². The van der Waals surface area contributed by atoms with E-state index in [-0.39, 0.29) is 5.95 Å². The number of nitrogens with zero attached hydrogens (tertiary/aromatic N) is 3. The topological polar surface area (TPSA) is 115 Å². The number of urea groups is 1. The second-order valence-electron chi connectivity index (χ2n) is 5.48. The van der Waals surface area contributed by atoms with Gasteiger partial charge >= 0.3 is 6.03 Å². The molecule has 1 heterocycles. The number of rotatable bonds is 6. The summed E-state index contributed by atoms with van der Waals surface area (Å²) in [5.74, 6) is 0.516. The number of fused-ring (bicyclic) bond motifs is 1. The van der Waals surface area contributed by atoms with E-state index < -0.39 is 6.03 Å². The van der Waals surface area contributed by atoms with Crippen LogP contribution >= 0.6 is 23.2 Å². The maximum absolute atomic E-state index is 12.3. The number of nitrogens with two attached hydrogens (primary N) is 1. The number of nitrogens with one attached hydrogen (secondary N) is 2. The Morgan fingerprint density at radius 3 is 2.63 bits per heavy atom. The van der Waals surface area contributed by atoms with Crippen LogP contribution in [-0.4, -0.2) is 34.4 Å². The Morgan fingerprint density at radius 2 is 1.81 bits per heavy atom. The summed E-state index contributed by atoms with van der Waals surface area (Å²) in [6.07, 6.45) is 0.688. The molecule has 2 amide bonds. The molecule has 0 saturated heterocycles. The van der Waals surface area contributed by atoms with Crippen molar-refractivity contribution in [3.8, 4) is 5.75 Å². The maximum Gasteiger partial charge on any atom is 0.326 e. The molecule has 3 aromatic rings. The largest absolute Gasteiger partial charge is 0.491 e. The van der Waals surface area contributed by atoms with Crippen LogP contribution in [0.1, 0.15) is 6.42 Å². The van der Waals surface area contributed by atoms with Crippen LogP contribution in [0.3, 0.4) is 0 Å². The van der Waals surface area contributed by atoms with Crippen molar-refractivity contribution < 1.29 is 9.53 Å².